The summed E-state index contributed by atoms with van der Waals surface area (Å²) in [5.41, 5.74) is 2.08. The standard InChI is InChI=1S/C24H24ClN3O3/c25-20-21(24(31)28(23(20)30)14-13-16-7-2-1-3-8-16)26-19-12-6-9-17(15-19)22(29)27-18-10-4-5-11-18/h1-3,6-9,12,15,18,26H,4-5,10-11,13-14H2,(H,27,29). The highest BCUT2D eigenvalue weighted by atomic mass is 35.5. The lowest BCUT2D eigenvalue weighted by atomic mass is 10.1. The van der Waals surface area contributed by atoms with Crippen LogP contribution in [0.25, 0.3) is 0 Å². The Hall–Kier alpha value is -3.12. The van der Waals surface area contributed by atoms with Gasteiger partial charge in [0.15, 0.2) is 0 Å². The number of carbonyl (C=O) groups is 3. The first-order chi connectivity index (χ1) is 15.0. The number of nitrogens with zero attached hydrogens (tertiary/aromatic N) is 1. The van der Waals surface area contributed by atoms with Crippen molar-refractivity contribution in [1.29, 1.82) is 0 Å². The third kappa shape index (κ3) is 4.80. The van der Waals surface area contributed by atoms with E-state index in [2.05, 4.69) is 10.6 Å². The molecule has 0 aromatic heterocycles. The van der Waals surface area contributed by atoms with Gasteiger partial charge in [-0.25, -0.2) is 0 Å². The molecule has 0 saturated heterocycles. The molecule has 160 valence electrons. The second-order valence-corrected chi connectivity index (χ2v) is 8.23. The maximum Gasteiger partial charge on any atom is 0.278 e. The molecule has 1 aliphatic heterocycles. The number of nitrogens with one attached hydrogen (secondary N) is 2. The van der Waals surface area contributed by atoms with Gasteiger partial charge >= 0.3 is 0 Å². The summed E-state index contributed by atoms with van der Waals surface area (Å²) < 4.78 is 0. The van der Waals surface area contributed by atoms with E-state index in [1.165, 1.54) is 0 Å². The molecule has 1 aliphatic carbocycles. The van der Waals surface area contributed by atoms with Crippen LogP contribution in [0.15, 0.2) is 65.3 Å². The molecule has 7 heteroatoms. The molecule has 1 saturated carbocycles. The molecule has 0 spiro atoms. The summed E-state index contributed by atoms with van der Waals surface area (Å²) in [5.74, 6) is -1.12. The second kappa shape index (κ2) is 9.35. The van der Waals surface area contributed by atoms with E-state index in [-0.39, 0.29) is 29.2 Å². The zero-order valence-corrected chi connectivity index (χ0v) is 17.8. The molecule has 0 unspecified atom stereocenters. The maximum atomic E-state index is 12.8. The zero-order valence-electron chi connectivity index (χ0n) is 17.1. The van der Waals surface area contributed by atoms with Crippen LogP contribution in [-0.2, 0) is 16.0 Å². The van der Waals surface area contributed by atoms with Crippen LogP contribution in [0, 0.1) is 0 Å². The number of rotatable bonds is 7. The third-order valence-electron chi connectivity index (χ3n) is 5.66. The monoisotopic (exact) mass is 437 g/mol. The lowest BCUT2D eigenvalue weighted by Gasteiger charge is -2.15. The highest BCUT2D eigenvalue weighted by molar-refractivity contribution is 6.48. The van der Waals surface area contributed by atoms with E-state index < -0.39 is 11.8 Å². The highest BCUT2D eigenvalue weighted by Crippen LogP contribution is 2.26. The Morgan fingerprint density at radius 2 is 1.74 bits per heavy atom. The van der Waals surface area contributed by atoms with Gasteiger partial charge in [-0.1, -0.05) is 60.8 Å². The predicted octanol–water partition coefficient (Wildman–Crippen LogP) is 3.83. The van der Waals surface area contributed by atoms with Gasteiger partial charge in [0.25, 0.3) is 17.7 Å². The van der Waals surface area contributed by atoms with Crippen molar-refractivity contribution in [3.05, 3.63) is 76.5 Å². The van der Waals surface area contributed by atoms with Gasteiger partial charge in [-0.05, 0) is 43.0 Å². The average Bonchev–Trinajstić information content (AvgIpc) is 3.36. The van der Waals surface area contributed by atoms with Crippen molar-refractivity contribution in [2.24, 2.45) is 0 Å². The molecule has 4 rings (SSSR count). The minimum Gasteiger partial charge on any atom is -0.350 e. The first kappa shape index (κ1) is 21.1. The molecule has 0 bridgehead atoms. The van der Waals surface area contributed by atoms with E-state index in [1.807, 2.05) is 30.3 Å². The summed E-state index contributed by atoms with van der Waals surface area (Å²) in [6.45, 7) is 0.243. The molecule has 0 atom stereocenters. The topological polar surface area (TPSA) is 78.5 Å². The number of hydrogen-bond donors (Lipinski definition) is 2. The SMILES string of the molecule is O=C(NC1CCCC1)c1cccc(NC2=C(Cl)C(=O)N(CCc3ccccc3)C2=O)c1. The fourth-order valence-corrected chi connectivity index (χ4v) is 4.20. The third-order valence-corrected chi connectivity index (χ3v) is 6.01. The molecule has 2 aromatic rings. The lowest BCUT2D eigenvalue weighted by Crippen LogP contribution is -2.34. The van der Waals surface area contributed by atoms with Gasteiger partial charge in [-0.2, -0.15) is 0 Å². The van der Waals surface area contributed by atoms with Gasteiger partial charge < -0.3 is 10.6 Å². The van der Waals surface area contributed by atoms with Crippen LogP contribution in [0.2, 0.25) is 0 Å². The number of anilines is 1. The van der Waals surface area contributed by atoms with Crippen LogP contribution in [0.4, 0.5) is 5.69 Å². The van der Waals surface area contributed by atoms with E-state index in [1.54, 1.807) is 24.3 Å². The van der Waals surface area contributed by atoms with Crippen LogP contribution in [0.5, 0.6) is 0 Å². The minimum atomic E-state index is -0.514. The summed E-state index contributed by atoms with van der Waals surface area (Å²) in [6.07, 6.45) is 4.82. The maximum absolute atomic E-state index is 12.8. The van der Waals surface area contributed by atoms with E-state index in [9.17, 15) is 14.4 Å². The summed E-state index contributed by atoms with van der Waals surface area (Å²) in [7, 11) is 0. The molecule has 1 heterocycles. The fourth-order valence-electron chi connectivity index (χ4n) is 3.96. The van der Waals surface area contributed by atoms with Crippen molar-refractivity contribution in [2.75, 3.05) is 11.9 Å². The van der Waals surface area contributed by atoms with E-state index in [0.717, 1.165) is 36.1 Å². The molecule has 6 nitrogen and oxygen atoms in total. The van der Waals surface area contributed by atoms with Crippen molar-refractivity contribution in [3.63, 3.8) is 0 Å². The quantitative estimate of drug-likeness (QED) is 0.645. The van der Waals surface area contributed by atoms with Crippen molar-refractivity contribution in [3.8, 4) is 0 Å². The molecule has 3 amide bonds. The van der Waals surface area contributed by atoms with Gasteiger partial charge in [0, 0.05) is 23.8 Å². The lowest BCUT2D eigenvalue weighted by molar-refractivity contribution is -0.137. The molecule has 0 radical (unpaired) electrons. The molecule has 2 aliphatic rings. The van der Waals surface area contributed by atoms with Crippen molar-refractivity contribution >= 4 is 35.0 Å². The summed E-state index contributed by atoms with van der Waals surface area (Å²) >= 11 is 6.19. The van der Waals surface area contributed by atoms with Gasteiger partial charge in [0.1, 0.15) is 10.7 Å². The van der Waals surface area contributed by atoms with Crippen molar-refractivity contribution in [2.45, 2.75) is 38.1 Å². The first-order valence-electron chi connectivity index (χ1n) is 10.5. The molecule has 2 aromatic carbocycles. The number of carbonyl (C=O) groups excluding carboxylic acids is 3. The van der Waals surface area contributed by atoms with Crippen LogP contribution < -0.4 is 10.6 Å². The Balaban J connectivity index is 1.43. The van der Waals surface area contributed by atoms with E-state index in [0.29, 0.717) is 17.7 Å². The number of halogens is 1. The first-order valence-corrected chi connectivity index (χ1v) is 10.9. The smallest absolute Gasteiger partial charge is 0.278 e. The summed E-state index contributed by atoms with van der Waals surface area (Å²) in [5, 5.41) is 5.85. The number of hydrogen-bond acceptors (Lipinski definition) is 4. The van der Waals surface area contributed by atoms with Gasteiger partial charge in [0.05, 0.1) is 0 Å². The van der Waals surface area contributed by atoms with E-state index >= 15 is 0 Å². The second-order valence-electron chi connectivity index (χ2n) is 7.85. The fraction of sp³-hybridized carbons (Fsp3) is 0.292. The molecule has 31 heavy (non-hydrogen) atoms. The van der Waals surface area contributed by atoms with E-state index in [4.69, 9.17) is 11.6 Å². The average molecular weight is 438 g/mol. The predicted molar refractivity (Wildman–Crippen MR) is 120 cm³/mol. The van der Waals surface area contributed by atoms with Gasteiger partial charge in [-0.3, -0.25) is 19.3 Å². The highest BCUT2D eigenvalue weighted by Gasteiger charge is 2.37. The van der Waals surface area contributed by atoms with Crippen molar-refractivity contribution < 1.29 is 14.4 Å². The normalized spacial score (nSPS) is 16.9. The summed E-state index contributed by atoms with van der Waals surface area (Å²) in [6, 6.07) is 16.7. The Morgan fingerprint density at radius 3 is 2.48 bits per heavy atom. The Bertz CT molecular complexity index is 1030. The Morgan fingerprint density at radius 1 is 1.00 bits per heavy atom. The van der Waals surface area contributed by atoms with Crippen LogP contribution in [0.1, 0.15) is 41.6 Å². The number of imide groups is 1. The molecule has 2 N–H and O–H groups in total. The van der Waals surface area contributed by atoms with Crippen molar-refractivity contribution in [1.82, 2.24) is 10.2 Å². The molecular formula is C24H24ClN3O3. The minimum absolute atomic E-state index is 0.0353. The number of benzene rings is 2. The van der Waals surface area contributed by atoms with Gasteiger partial charge in [-0.15, -0.1) is 0 Å². The molecular weight excluding hydrogens is 414 g/mol. The number of amides is 3. The molecule has 1 fully saturated rings. The Labute approximate surface area is 186 Å². The summed E-state index contributed by atoms with van der Waals surface area (Å²) in [4.78, 5) is 39.0. The largest absolute Gasteiger partial charge is 0.350 e. The zero-order chi connectivity index (χ0) is 21.8. The van der Waals surface area contributed by atoms with Gasteiger partial charge in [0.2, 0.25) is 0 Å². The van der Waals surface area contributed by atoms with Crippen LogP contribution >= 0.6 is 11.6 Å². The van der Waals surface area contributed by atoms with Crippen LogP contribution in [-0.4, -0.2) is 35.2 Å². The van der Waals surface area contributed by atoms with Crippen LogP contribution in [0.3, 0.4) is 0 Å². The Kier molecular flexibility index (Phi) is 6.37.